The molecule has 1 N–H and O–H groups in total. The highest BCUT2D eigenvalue weighted by Gasteiger charge is 2.31. The first kappa shape index (κ1) is 15.0. The fourth-order valence-corrected chi connectivity index (χ4v) is 4.27. The van der Waals surface area contributed by atoms with Crippen molar-refractivity contribution in [3.05, 3.63) is 21.9 Å². The molecule has 3 heteroatoms. The largest absolute Gasteiger partial charge is 0.376 e. The molecule has 2 atom stereocenters. The van der Waals surface area contributed by atoms with Gasteiger partial charge >= 0.3 is 0 Å². The lowest BCUT2D eigenvalue weighted by Crippen LogP contribution is -2.38. The standard InChI is InChI=1S/C16H27NOS/c1-4-18-16(13-8-6-5-7-9-13)15(17-3)14-11-10-12(2)19-14/h10-11,13,15-17H,4-9H2,1-3H3. The topological polar surface area (TPSA) is 21.3 Å². The van der Waals surface area contributed by atoms with Gasteiger partial charge in [-0.2, -0.15) is 0 Å². The van der Waals surface area contributed by atoms with E-state index in [1.54, 1.807) is 0 Å². The number of aryl methyl sites for hydroxylation is 1. The van der Waals surface area contributed by atoms with E-state index in [2.05, 4.69) is 38.3 Å². The molecule has 0 aromatic carbocycles. The van der Waals surface area contributed by atoms with E-state index in [0.717, 1.165) is 6.61 Å². The number of rotatable bonds is 6. The summed E-state index contributed by atoms with van der Waals surface area (Å²) < 4.78 is 6.14. The zero-order valence-corrected chi connectivity index (χ0v) is 13.3. The molecule has 0 aliphatic heterocycles. The normalized spacial score (nSPS) is 20.4. The van der Waals surface area contributed by atoms with Crippen molar-refractivity contribution >= 4 is 11.3 Å². The number of hydrogen-bond donors (Lipinski definition) is 1. The Hall–Kier alpha value is -0.380. The Labute approximate surface area is 121 Å². The van der Waals surface area contributed by atoms with Gasteiger partial charge in [-0.3, -0.25) is 0 Å². The van der Waals surface area contributed by atoms with Gasteiger partial charge in [-0.25, -0.2) is 0 Å². The molecule has 0 bridgehead atoms. The summed E-state index contributed by atoms with van der Waals surface area (Å²) in [5, 5.41) is 3.50. The predicted molar refractivity (Wildman–Crippen MR) is 82.8 cm³/mol. The van der Waals surface area contributed by atoms with Crippen LogP contribution in [0.2, 0.25) is 0 Å². The summed E-state index contributed by atoms with van der Waals surface area (Å²) in [5.74, 6) is 0.716. The molecule has 2 unspecified atom stereocenters. The second-order valence-electron chi connectivity index (χ2n) is 5.53. The van der Waals surface area contributed by atoms with Crippen LogP contribution in [0.3, 0.4) is 0 Å². The molecule has 0 spiro atoms. The third-order valence-electron chi connectivity index (χ3n) is 4.18. The van der Waals surface area contributed by atoms with Gasteiger partial charge in [0.15, 0.2) is 0 Å². The first-order chi connectivity index (χ1) is 9.26. The van der Waals surface area contributed by atoms with Crippen LogP contribution in [0.5, 0.6) is 0 Å². The van der Waals surface area contributed by atoms with Crippen molar-refractivity contribution < 1.29 is 4.74 Å². The van der Waals surface area contributed by atoms with E-state index >= 15 is 0 Å². The number of nitrogens with one attached hydrogen (secondary N) is 1. The zero-order chi connectivity index (χ0) is 13.7. The third kappa shape index (κ3) is 3.80. The molecule has 108 valence electrons. The van der Waals surface area contributed by atoms with Crippen molar-refractivity contribution in [2.24, 2.45) is 5.92 Å². The summed E-state index contributed by atoms with van der Waals surface area (Å²) in [4.78, 5) is 2.80. The van der Waals surface area contributed by atoms with Gasteiger partial charge in [0.25, 0.3) is 0 Å². The lowest BCUT2D eigenvalue weighted by Gasteiger charge is -2.35. The summed E-state index contributed by atoms with van der Waals surface area (Å²) >= 11 is 1.90. The molecule has 0 amide bonds. The van der Waals surface area contributed by atoms with E-state index in [1.165, 1.54) is 41.9 Å². The monoisotopic (exact) mass is 281 g/mol. The van der Waals surface area contributed by atoms with E-state index in [4.69, 9.17) is 4.74 Å². The number of likely N-dealkylation sites (N-methyl/N-ethyl adjacent to an activating group) is 1. The fourth-order valence-electron chi connectivity index (χ4n) is 3.25. The number of ether oxygens (including phenoxy) is 1. The minimum atomic E-state index is 0.327. The van der Waals surface area contributed by atoms with Crippen LogP contribution < -0.4 is 5.32 Å². The van der Waals surface area contributed by atoms with Crippen LogP contribution >= 0.6 is 11.3 Å². The van der Waals surface area contributed by atoms with Gasteiger partial charge in [0.2, 0.25) is 0 Å². The van der Waals surface area contributed by atoms with E-state index in [9.17, 15) is 0 Å². The lowest BCUT2D eigenvalue weighted by molar-refractivity contribution is -0.0160. The molecule has 0 radical (unpaired) electrons. The van der Waals surface area contributed by atoms with Crippen molar-refractivity contribution in [1.82, 2.24) is 5.32 Å². The predicted octanol–water partition coefficient (Wildman–Crippen LogP) is 4.30. The van der Waals surface area contributed by atoms with Crippen molar-refractivity contribution in [3.63, 3.8) is 0 Å². The van der Waals surface area contributed by atoms with Crippen molar-refractivity contribution in [2.75, 3.05) is 13.7 Å². The van der Waals surface area contributed by atoms with Gasteiger partial charge in [0, 0.05) is 16.4 Å². The van der Waals surface area contributed by atoms with E-state index in [-0.39, 0.29) is 0 Å². The lowest BCUT2D eigenvalue weighted by atomic mass is 9.82. The minimum Gasteiger partial charge on any atom is -0.376 e. The van der Waals surface area contributed by atoms with E-state index in [1.807, 2.05) is 11.3 Å². The van der Waals surface area contributed by atoms with E-state index in [0.29, 0.717) is 18.1 Å². The highest BCUT2D eigenvalue weighted by atomic mass is 32.1. The average molecular weight is 281 g/mol. The van der Waals surface area contributed by atoms with Crippen molar-refractivity contribution in [3.8, 4) is 0 Å². The van der Waals surface area contributed by atoms with Crippen LogP contribution in [0.4, 0.5) is 0 Å². The molecule has 0 saturated heterocycles. The molecule has 1 aliphatic rings. The molecular weight excluding hydrogens is 254 g/mol. The van der Waals surface area contributed by atoms with Gasteiger partial charge in [-0.1, -0.05) is 19.3 Å². The number of thiophene rings is 1. The maximum Gasteiger partial charge on any atom is 0.0805 e. The molecular formula is C16H27NOS. The Bertz CT molecular complexity index is 371. The SMILES string of the molecule is CCOC(C1CCCCC1)C(NC)c1ccc(C)s1. The Morgan fingerprint density at radius 3 is 2.58 bits per heavy atom. The van der Waals surface area contributed by atoms with Crippen molar-refractivity contribution in [1.29, 1.82) is 0 Å². The third-order valence-corrected chi connectivity index (χ3v) is 5.26. The second-order valence-corrected chi connectivity index (χ2v) is 6.85. The second kappa shape index (κ2) is 7.41. The van der Waals surface area contributed by atoms with Crippen LogP contribution in [-0.4, -0.2) is 19.8 Å². The summed E-state index contributed by atoms with van der Waals surface area (Å²) in [6, 6.07) is 4.83. The van der Waals surface area contributed by atoms with Gasteiger partial charge in [-0.15, -0.1) is 11.3 Å². The molecule has 1 aromatic rings. The van der Waals surface area contributed by atoms with Crippen LogP contribution in [0.1, 0.15) is 54.8 Å². The van der Waals surface area contributed by atoms with Gasteiger partial charge < -0.3 is 10.1 Å². The Kier molecular flexibility index (Phi) is 5.86. The van der Waals surface area contributed by atoms with Crippen LogP contribution in [-0.2, 0) is 4.74 Å². The van der Waals surface area contributed by atoms with Gasteiger partial charge in [0.05, 0.1) is 12.1 Å². The summed E-state index contributed by atoms with van der Waals surface area (Å²) in [6.45, 7) is 5.10. The smallest absolute Gasteiger partial charge is 0.0805 e. The molecule has 1 fully saturated rings. The summed E-state index contributed by atoms with van der Waals surface area (Å²) in [5.41, 5.74) is 0. The Morgan fingerprint density at radius 1 is 1.32 bits per heavy atom. The molecule has 2 nitrogen and oxygen atoms in total. The molecule has 1 saturated carbocycles. The Morgan fingerprint density at radius 2 is 2.05 bits per heavy atom. The van der Waals surface area contributed by atoms with E-state index < -0.39 is 0 Å². The molecule has 1 aliphatic carbocycles. The van der Waals surface area contributed by atoms with Crippen molar-refractivity contribution in [2.45, 2.75) is 58.1 Å². The van der Waals surface area contributed by atoms with Crippen LogP contribution in [0.15, 0.2) is 12.1 Å². The summed E-state index contributed by atoms with van der Waals surface area (Å²) in [7, 11) is 2.06. The number of hydrogen-bond acceptors (Lipinski definition) is 3. The van der Waals surface area contributed by atoms with Crippen LogP contribution in [0.25, 0.3) is 0 Å². The first-order valence-corrected chi connectivity index (χ1v) is 8.43. The highest BCUT2D eigenvalue weighted by Crippen LogP contribution is 2.36. The maximum atomic E-state index is 6.14. The van der Waals surface area contributed by atoms with Gasteiger partial charge in [0.1, 0.15) is 0 Å². The average Bonchev–Trinajstić information content (AvgIpc) is 2.86. The molecule has 1 heterocycles. The molecule has 19 heavy (non-hydrogen) atoms. The maximum absolute atomic E-state index is 6.14. The van der Waals surface area contributed by atoms with Crippen LogP contribution in [0, 0.1) is 12.8 Å². The minimum absolute atomic E-state index is 0.327. The highest BCUT2D eigenvalue weighted by molar-refractivity contribution is 7.12. The molecule has 1 aromatic heterocycles. The Balaban J connectivity index is 2.14. The zero-order valence-electron chi connectivity index (χ0n) is 12.4. The first-order valence-electron chi connectivity index (χ1n) is 7.61. The summed E-state index contributed by atoms with van der Waals surface area (Å²) in [6.07, 6.45) is 7.12. The molecule has 2 rings (SSSR count). The van der Waals surface area contributed by atoms with Gasteiger partial charge in [-0.05, 0) is 51.8 Å². The quantitative estimate of drug-likeness (QED) is 0.839. The fraction of sp³-hybridized carbons (Fsp3) is 0.750.